The zero-order chi connectivity index (χ0) is 25.5. The van der Waals surface area contributed by atoms with Crippen molar-refractivity contribution in [3.05, 3.63) is 58.1 Å². The third-order valence-corrected chi connectivity index (χ3v) is 6.96. The number of carbonyl (C=O) groups is 2. The number of nitrogens with zero attached hydrogens (tertiary/aromatic N) is 2. The fraction of sp³-hybridized carbons (Fsp3) is 0.391. The van der Waals surface area contributed by atoms with Crippen LogP contribution in [0.4, 0.5) is 5.69 Å². The maximum atomic E-state index is 13.5. The number of hydrogen-bond donors (Lipinski definition) is 1. The zero-order valence-electron chi connectivity index (χ0n) is 19.5. The van der Waals surface area contributed by atoms with Gasteiger partial charge in [0, 0.05) is 13.6 Å². The Hall–Kier alpha value is -2.49. The number of sulfonamides is 1. The van der Waals surface area contributed by atoms with Crippen LogP contribution in [0, 0.1) is 0 Å². The fourth-order valence-electron chi connectivity index (χ4n) is 3.41. The van der Waals surface area contributed by atoms with Gasteiger partial charge in [0.1, 0.15) is 18.3 Å². The minimum Gasteiger partial charge on any atom is -0.494 e. The van der Waals surface area contributed by atoms with Gasteiger partial charge in [-0.15, -0.1) is 0 Å². The Kier molecular flexibility index (Phi) is 10.0. The number of anilines is 1. The minimum atomic E-state index is -3.81. The molecule has 0 saturated carbocycles. The standard InChI is InChI=1S/C23H29Cl2N3O5S/c1-5-21(23(30)26-3)27(14-16-7-12-19(24)20(25)13-16)22(29)15-28(34(4,31)32)17-8-10-18(11-9-17)33-6-2/h7-13,21H,5-6,14-15H2,1-4H3,(H,26,30). The predicted molar refractivity (Wildman–Crippen MR) is 135 cm³/mol. The zero-order valence-corrected chi connectivity index (χ0v) is 21.9. The predicted octanol–water partition coefficient (Wildman–Crippen LogP) is 3.71. The number of halogens is 2. The first-order valence-electron chi connectivity index (χ1n) is 10.7. The summed E-state index contributed by atoms with van der Waals surface area (Å²) in [6, 6.07) is 10.5. The molecule has 2 rings (SSSR count). The lowest BCUT2D eigenvalue weighted by atomic mass is 10.1. The lowest BCUT2D eigenvalue weighted by Crippen LogP contribution is -2.51. The summed E-state index contributed by atoms with van der Waals surface area (Å²) in [5, 5.41) is 3.24. The van der Waals surface area contributed by atoms with Crippen LogP contribution in [-0.4, -0.2) is 57.6 Å². The van der Waals surface area contributed by atoms with E-state index in [1.165, 1.54) is 11.9 Å². The van der Waals surface area contributed by atoms with Crippen LogP contribution in [0.25, 0.3) is 0 Å². The van der Waals surface area contributed by atoms with E-state index in [0.717, 1.165) is 10.6 Å². The largest absolute Gasteiger partial charge is 0.494 e. The van der Waals surface area contributed by atoms with Crippen LogP contribution in [0.1, 0.15) is 25.8 Å². The van der Waals surface area contributed by atoms with Crippen LogP contribution < -0.4 is 14.4 Å². The van der Waals surface area contributed by atoms with E-state index in [2.05, 4.69) is 5.32 Å². The maximum Gasteiger partial charge on any atom is 0.244 e. The lowest BCUT2D eigenvalue weighted by Gasteiger charge is -2.32. The molecule has 2 amide bonds. The number of carbonyl (C=O) groups excluding carboxylic acids is 2. The quantitative estimate of drug-likeness (QED) is 0.478. The molecule has 0 saturated heterocycles. The first-order valence-corrected chi connectivity index (χ1v) is 13.3. The molecule has 0 heterocycles. The molecule has 2 aromatic rings. The summed E-state index contributed by atoms with van der Waals surface area (Å²) in [5.41, 5.74) is 0.957. The number of benzene rings is 2. The van der Waals surface area contributed by atoms with Gasteiger partial charge in [-0.2, -0.15) is 0 Å². The summed E-state index contributed by atoms with van der Waals surface area (Å²) in [5.74, 6) is -0.318. The van der Waals surface area contributed by atoms with E-state index in [4.69, 9.17) is 27.9 Å². The summed E-state index contributed by atoms with van der Waals surface area (Å²) in [6.45, 7) is 3.64. The van der Waals surface area contributed by atoms with E-state index in [-0.39, 0.29) is 12.5 Å². The third kappa shape index (κ3) is 7.25. The Labute approximate surface area is 210 Å². The Bertz CT molecular complexity index is 1110. The van der Waals surface area contributed by atoms with Crippen molar-refractivity contribution in [3.8, 4) is 5.75 Å². The van der Waals surface area contributed by atoms with Gasteiger partial charge in [0.15, 0.2) is 0 Å². The Balaban J connectivity index is 2.41. The summed E-state index contributed by atoms with van der Waals surface area (Å²) in [7, 11) is -2.33. The molecule has 0 aliphatic heterocycles. The van der Waals surface area contributed by atoms with Crippen molar-refractivity contribution in [2.75, 3.05) is 30.8 Å². The summed E-state index contributed by atoms with van der Waals surface area (Å²) >= 11 is 12.1. The summed E-state index contributed by atoms with van der Waals surface area (Å²) < 4.78 is 31.6. The van der Waals surface area contributed by atoms with E-state index in [0.29, 0.717) is 40.1 Å². The van der Waals surface area contributed by atoms with Crippen LogP contribution >= 0.6 is 23.2 Å². The molecule has 0 radical (unpaired) electrons. The van der Waals surface area contributed by atoms with Crippen LogP contribution in [0.15, 0.2) is 42.5 Å². The monoisotopic (exact) mass is 529 g/mol. The second-order valence-corrected chi connectivity index (χ2v) is 10.2. The van der Waals surface area contributed by atoms with E-state index in [9.17, 15) is 18.0 Å². The number of ether oxygens (including phenoxy) is 1. The summed E-state index contributed by atoms with van der Waals surface area (Å²) in [4.78, 5) is 27.4. The van der Waals surface area contributed by atoms with Gasteiger partial charge < -0.3 is 15.0 Å². The number of rotatable bonds is 11. The highest BCUT2D eigenvalue weighted by Gasteiger charge is 2.31. The van der Waals surface area contributed by atoms with Crippen LogP contribution in [-0.2, 0) is 26.2 Å². The van der Waals surface area contributed by atoms with Gasteiger partial charge in [-0.3, -0.25) is 13.9 Å². The van der Waals surface area contributed by atoms with E-state index < -0.39 is 28.5 Å². The lowest BCUT2D eigenvalue weighted by molar-refractivity contribution is -0.140. The molecule has 1 unspecified atom stereocenters. The van der Waals surface area contributed by atoms with Gasteiger partial charge in [0.05, 0.1) is 28.6 Å². The first kappa shape index (κ1) is 27.8. The van der Waals surface area contributed by atoms with Gasteiger partial charge in [0.2, 0.25) is 21.8 Å². The fourth-order valence-corrected chi connectivity index (χ4v) is 4.58. The summed E-state index contributed by atoms with van der Waals surface area (Å²) in [6.07, 6.45) is 1.35. The molecule has 186 valence electrons. The molecular formula is C23H29Cl2N3O5S. The molecule has 0 spiro atoms. The Morgan fingerprint density at radius 1 is 1.06 bits per heavy atom. The van der Waals surface area contributed by atoms with Gasteiger partial charge in [-0.1, -0.05) is 36.2 Å². The van der Waals surface area contributed by atoms with E-state index >= 15 is 0 Å². The SMILES string of the molecule is CCOc1ccc(N(CC(=O)N(Cc2ccc(Cl)c(Cl)c2)C(CC)C(=O)NC)S(C)(=O)=O)cc1. The maximum absolute atomic E-state index is 13.5. The Morgan fingerprint density at radius 3 is 2.21 bits per heavy atom. The number of hydrogen-bond acceptors (Lipinski definition) is 5. The molecule has 2 aromatic carbocycles. The van der Waals surface area contributed by atoms with Crippen molar-refractivity contribution in [1.29, 1.82) is 0 Å². The van der Waals surface area contributed by atoms with Crippen molar-refractivity contribution in [2.24, 2.45) is 0 Å². The molecule has 11 heteroatoms. The molecule has 1 atom stereocenters. The highest BCUT2D eigenvalue weighted by molar-refractivity contribution is 7.92. The van der Waals surface area contributed by atoms with Gasteiger partial charge in [-0.25, -0.2) is 8.42 Å². The molecular weight excluding hydrogens is 501 g/mol. The van der Waals surface area contributed by atoms with Gasteiger partial charge in [0.25, 0.3) is 0 Å². The second kappa shape index (κ2) is 12.3. The molecule has 0 aliphatic carbocycles. The minimum absolute atomic E-state index is 0.0442. The van der Waals surface area contributed by atoms with Crippen molar-refractivity contribution < 1.29 is 22.7 Å². The van der Waals surface area contributed by atoms with Crippen molar-refractivity contribution in [3.63, 3.8) is 0 Å². The highest BCUT2D eigenvalue weighted by Crippen LogP contribution is 2.25. The van der Waals surface area contributed by atoms with E-state index in [1.54, 1.807) is 49.4 Å². The average molecular weight is 530 g/mol. The Morgan fingerprint density at radius 2 is 1.71 bits per heavy atom. The van der Waals surface area contributed by atoms with Gasteiger partial charge in [-0.05, 0) is 55.3 Å². The second-order valence-electron chi connectivity index (χ2n) is 7.50. The topological polar surface area (TPSA) is 96.0 Å². The number of nitrogens with one attached hydrogen (secondary N) is 1. The molecule has 1 N–H and O–H groups in total. The molecule has 34 heavy (non-hydrogen) atoms. The van der Waals surface area contributed by atoms with Crippen LogP contribution in [0.5, 0.6) is 5.75 Å². The molecule has 8 nitrogen and oxygen atoms in total. The molecule has 0 bridgehead atoms. The normalized spacial score (nSPS) is 12.1. The average Bonchev–Trinajstić information content (AvgIpc) is 2.79. The molecule has 0 fully saturated rings. The van der Waals surface area contributed by atoms with Crippen molar-refractivity contribution >= 4 is 50.7 Å². The van der Waals surface area contributed by atoms with Crippen LogP contribution in [0.2, 0.25) is 10.0 Å². The number of likely N-dealkylation sites (N-methyl/N-ethyl adjacent to an activating group) is 1. The van der Waals surface area contributed by atoms with Crippen LogP contribution in [0.3, 0.4) is 0 Å². The molecule has 0 aromatic heterocycles. The highest BCUT2D eigenvalue weighted by atomic mass is 35.5. The van der Waals surface area contributed by atoms with Crippen molar-refractivity contribution in [1.82, 2.24) is 10.2 Å². The van der Waals surface area contributed by atoms with Crippen molar-refractivity contribution in [2.45, 2.75) is 32.9 Å². The first-order chi connectivity index (χ1) is 16.0. The molecule has 0 aliphatic rings. The van der Waals surface area contributed by atoms with E-state index in [1.807, 2.05) is 6.92 Å². The van der Waals surface area contributed by atoms with Gasteiger partial charge >= 0.3 is 0 Å². The number of amides is 2. The third-order valence-electron chi connectivity index (χ3n) is 5.08. The smallest absolute Gasteiger partial charge is 0.244 e.